The number of hydrogen-bond acceptors (Lipinski definition) is 4. The molecule has 0 bridgehead atoms. The maximum absolute atomic E-state index is 12.8. The van der Waals surface area contributed by atoms with Crippen molar-refractivity contribution in [3.05, 3.63) is 54.0 Å². The molecule has 1 aromatic heterocycles. The molecule has 2 amide bonds. The van der Waals surface area contributed by atoms with E-state index < -0.39 is 6.04 Å². The van der Waals surface area contributed by atoms with Crippen molar-refractivity contribution in [1.29, 1.82) is 0 Å². The fraction of sp³-hybridized carbons (Fsp3) is 0.368. The Bertz CT molecular complexity index is 724. The van der Waals surface area contributed by atoms with Gasteiger partial charge in [-0.15, -0.1) is 0 Å². The summed E-state index contributed by atoms with van der Waals surface area (Å²) in [5, 5.41) is 2.71. The molecule has 1 aromatic carbocycles. The molecule has 0 saturated carbocycles. The Morgan fingerprint density at radius 3 is 2.68 bits per heavy atom. The van der Waals surface area contributed by atoms with E-state index in [1.807, 2.05) is 29.2 Å². The summed E-state index contributed by atoms with van der Waals surface area (Å²) >= 11 is 0. The summed E-state index contributed by atoms with van der Waals surface area (Å²) in [4.78, 5) is 26.7. The molecule has 6 heteroatoms. The zero-order chi connectivity index (χ0) is 17.8. The number of nitrogens with one attached hydrogen (secondary N) is 1. The Labute approximate surface area is 146 Å². The molecular weight excluding hydrogens is 320 g/mol. The molecule has 2 atom stereocenters. The van der Waals surface area contributed by atoms with Crippen LogP contribution >= 0.6 is 0 Å². The molecule has 25 heavy (non-hydrogen) atoms. The third-order valence-corrected chi connectivity index (χ3v) is 4.50. The number of nitrogens with zero attached hydrogens (tertiary/aromatic N) is 1. The molecule has 0 radical (unpaired) electrons. The fourth-order valence-electron chi connectivity index (χ4n) is 3.19. The van der Waals surface area contributed by atoms with Crippen molar-refractivity contribution >= 4 is 11.8 Å². The van der Waals surface area contributed by atoms with Gasteiger partial charge < -0.3 is 19.4 Å². The topological polar surface area (TPSA) is 71.8 Å². The van der Waals surface area contributed by atoms with Gasteiger partial charge in [0, 0.05) is 6.54 Å². The SMILES string of the molecule is COc1ccc(C2CCCN2C(=O)C(C)NC(=O)c2ccco2)cc1. The van der Waals surface area contributed by atoms with Gasteiger partial charge in [0.1, 0.15) is 11.8 Å². The van der Waals surface area contributed by atoms with E-state index in [2.05, 4.69) is 5.32 Å². The number of carbonyl (C=O) groups excluding carboxylic acids is 2. The van der Waals surface area contributed by atoms with E-state index in [4.69, 9.17) is 9.15 Å². The number of furan rings is 1. The van der Waals surface area contributed by atoms with E-state index in [-0.39, 0.29) is 23.6 Å². The Morgan fingerprint density at radius 2 is 2.04 bits per heavy atom. The lowest BCUT2D eigenvalue weighted by atomic mass is 10.0. The standard InChI is InChI=1S/C19H22N2O4/c1-13(20-18(22)17-6-4-12-25-17)19(23)21-11-3-5-16(21)14-7-9-15(24-2)10-8-14/h4,6-10,12-13,16H,3,5,11H2,1-2H3,(H,20,22). The highest BCUT2D eigenvalue weighted by Crippen LogP contribution is 2.33. The Balaban J connectivity index is 1.68. The van der Waals surface area contributed by atoms with Gasteiger partial charge in [-0.3, -0.25) is 9.59 Å². The third kappa shape index (κ3) is 3.68. The molecule has 132 valence electrons. The molecule has 2 aromatic rings. The van der Waals surface area contributed by atoms with Gasteiger partial charge in [-0.05, 0) is 49.6 Å². The van der Waals surface area contributed by atoms with Crippen LogP contribution in [0, 0.1) is 0 Å². The largest absolute Gasteiger partial charge is 0.497 e. The van der Waals surface area contributed by atoms with E-state index in [0.717, 1.165) is 24.2 Å². The highest BCUT2D eigenvalue weighted by molar-refractivity contribution is 5.95. The van der Waals surface area contributed by atoms with E-state index in [0.29, 0.717) is 6.54 Å². The maximum Gasteiger partial charge on any atom is 0.287 e. The minimum atomic E-state index is -0.614. The van der Waals surface area contributed by atoms with Crippen molar-refractivity contribution in [3.8, 4) is 5.75 Å². The minimum absolute atomic E-state index is 0.0290. The van der Waals surface area contributed by atoms with Gasteiger partial charge >= 0.3 is 0 Å². The van der Waals surface area contributed by atoms with Crippen LogP contribution in [0.3, 0.4) is 0 Å². The monoisotopic (exact) mass is 342 g/mol. The predicted octanol–water partition coefficient (Wildman–Crippen LogP) is 2.77. The van der Waals surface area contributed by atoms with Crippen LogP contribution in [-0.4, -0.2) is 36.4 Å². The summed E-state index contributed by atoms with van der Waals surface area (Å²) in [6, 6.07) is 10.4. The molecule has 2 heterocycles. The highest BCUT2D eigenvalue weighted by atomic mass is 16.5. The van der Waals surface area contributed by atoms with Gasteiger partial charge in [0.2, 0.25) is 5.91 Å². The van der Waals surface area contributed by atoms with Crippen LogP contribution in [0.1, 0.15) is 41.9 Å². The van der Waals surface area contributed by atoms with Crippen LogP contribution < -0.4 is 10.1 Å². The summed E-state index contributed by atoms with van der Waals surface area (Å²) in [5.74, 6) is 0.524. The molecular formula is C19H22N2O4. The number of methoxy groups -OCH3 is 1. The molecule has 1 N–H and O–H groups in total. The molecule has 0 aliphatic carbocycles. The van der Waals surface area contributed by atoms with Crippen LogP contribution in [0.4, 0.5) is 0 Å². The van der Waals surface area contributed by atoms with Gasteiger partial charge in [0.05, 0.1) is 19.4 Å². The van der Waals surface area contributed by atoms with Crippen molar-refractivity contribution < 1.29 is 18.7 Å². The summed E-state index contributed by atoms with van der Waals surface area (Å²) in [5.41, 5.74) is 1.08. The smallest absolute Gasteiger partial charge is 0.287 e. The number of ether oxygens (including phenoxy) is 1. The average Bonchev–Trinajstić information content (AvgIpc) is 3.32. The second-order valence-corrected chi connectivity index (χ2v) is 6.14. The van der Waals surface area contributed by atoms with Crippen LogP contribution in [0.25, 0.3) is 0 Å². The van der Waals surface area contributed by atoms with E-state index in [9.17, 15) is 9.59 Å². The first-order chi connectivity index (χ1) is 12.1. The molecule has 3 rings (SSSR count). The molecule has 1 fully saturated rings. The summed E-state index contributed by atoms with van der Waals surface area (Å²) in [7, 11) is 1.63. The van der Waals surface area contributed by atoms with Gasteiger partial charge in [-0.2, -0.15) is 0 Å². The Hall–Kier alpha value is -2.76. The minimum Gasteiger partial charge on any atom is -0.497 e. The lowest BCUT2D eigenvalue weighted by Crippen LogP contribution is -2.46. The van der Waals surface area contributed by atoms with Gasteiger partial charge in [-0.25, -0.2) is 0 Å². The number of rotatable bonds is 5. The van der Waals surface area contributed by atoms with E-state index in [1.54, 1.807) is 26.2 Å². The first-order valence-electron chi connectivity index (χ1n) is 8.39. The van der Waals surface area contributed by atoms with Crippen molar-refractivity contribution in [2.75, 3.05) is 13.7 Å². The van der Waals surface area contributed by atoms with E-state index >= 15 is 0 Å². The average molecular weight is 342 g/mol. The van der Waals surface area contributed by atoms with Gasteiger partial charge in [0.15, 0.2) is 5.76 Å². The van der Waals surface area contributed by atoms with Crippen LogP contribution in [0.5, 0.6) is 5.75 Å². The summed E-state index contributed by atoms with van der Waals surface area (Å²) < 4.78 is 10.3. The van der Waals surface area contributed by atoms with Gasteiger partial charge in [0.25, 0.3) is 5.91 Å². The van der Waals surface area contributed by atoms with Gasteiger partial charge in [-0.1, -0.05) is 12.1 Å². The first kappa shape index (κ1) is 17.1. The number of carbonyl (C=O) groups is 2. The van der Waals surface area contributed by atoms with Crippen LogP contribution in [-0.2, 0) is 4.79 Å². The van der Waals surface area contributed by atoms with Crippen LogP contribution in [0.15, 0.2) is 47.1 Å². The molecule has 1 saturated heterocycles. The highest BCUT2D eigenvalue weighted by Gasteiger charge is 2.33. The second-order valence-electron chi connectivity index (χ2n) is 6.14. The maximum atomic E-state index is 12.8. The molecule has 2 unspecified atom stereocenters. The number of hydrogen-bond donors (Lipinski definition) is 1. The van der Waals surface area contributed by atoms with Crippen molar-refractivity contribution in [2.45, 2.75) is 31.8 Å². The third-order valence-electron chi connectivity index (χ3n) is 4.50. The molecule has 0 spiro atoms. The molecule has 1 aliphatic heterocycles. The number of likely N-dealkylation sites (tertiary alicyclic amines) is 1. The lowest BCUT2D eigenvalue weighted by Gasteiger charge is -2.28. The first-order valence-corrected chi connectivity index (χ1v) is 8.39. The van der Waals surface area contributed by atoms with E-state index in [1.165, 1.54) is 6.26 Å². The Morgan fingerprint density at radius 1 is 1.28 bits per heavy atom. The van der Waals surface area contributed by atoms with Crippen molar-refractivity contribution in [1.82, 2.24) is 10.2 Å². The number of benzene rings is 1. The second kappa shape index (κ2) is 7.42. The normalized spacial score (nSPS) is 18.0. The summed E-state index contributed by atoms with van der Waals surface area (Å²) in [6.07, 6.45) is 3.29. The van der Waals surface area contributed by atoms with Crippen molar-refractivity contribution in [3.63, 3.8) is 0 Å². The molecule has 6 nitrogen and oxygen atoms in total. The fourth-order valence-corrected chi connectivity index (χ4v) is 3.19. The Kier molecular flexibility index (Phi) is 5.07. The molecule has 1 aliphatic rings. The van der Waals surface area contributed by atoms with Crippen LogP contribution in [0.2, 0.25) is 0 Å². The van der Waals surface area contributed by atoms with Crippen molar-refractivity contribution in [2.24, 2.45) is 0 Å². The zero-order valence-electron chi connectivity index (χ0n) is 14.4. The lowest BCUT2D eigenvalue weighted by molar-refractivity contribution is -0.133. The quantitative estimate of drug-likeness (QED) is 0.907. The zero-order valence-corrected chi connectivity index (χ0v) is 14.4. The predicted molar refractivity (Wildman–Crippen MR) is 92.3 cm³/mol. The number of amides is 2. The summed E-state index contributed by atoms with van der Waals surface area (Å²) in [6.45, 7) is 2.39.